The molecule has 2 rings (SSSR count). The van der Waals surface area contributed by atoms with Gasteiger partial charge in [-0.15, -0.1) is 0 Å². The fraction of sp³-hybridized carbons (Fsp3) is 0.500. The largest absolute Gasteiger partial charge is 0.475 e. The summed E-state index contributed by atoms with van der Waals surface area (Å²) in [5.41, 5.74) is 0. The quantitative estimate of drug-likeness (QED) is 0.796. The third-order valence-corrected chi connectivity index (χ3v) is 2.02. The molecule has 0 atom stereocenters. The average Bonchev–Trinajstić information content (AvgIpc) is 2.50. The van der Waals surface area contributed by atoms with Crippen molar-refractivity contribution in [1.82, 2.24) is 5.16 Å². The predicted molar refractivity (Wildman–Crippen MR) is 42.0 cm³/mol. The van der Waals surface area contributed by atoms with Crippen LogP contribution >= 0.6 is 0 Å². The molecule has 0 unspecified atom stereocenters. The Hall–Kier alpha value is -1.59. The lowest BCUT2D eigenvalue weighted by molar-refractivity contribution is 0.0353. The highest BCUT2D eigenvalue weighted by molar-refractivity contribution is 5.84. The summed E-state index contributed by atoms with van der Waals surface area (Å²) in [5.74, 6) is -1.39. The van der Waals surface area contributed by atoms with Gasteiger partial charge in [-0.3, -0.25) is 0 Å². The molecule has 1 aliphatic rings. The molecule has 1 fully saturated rings. The highest BCUT2D eigenvalue weighted by atomic mass is 19.1. The fourth-order valence-corrected chi connectivity index (χ4v) is 1.18. The van der Waals surface area contributed by atoms with Crippen molar-refractivity contribution in [2.45, 2.75) is 25.1 Å². The van der Waals surface area contributed by atoms with Crippen molar-refractivity contribution < 1.29 is 23.6 Å². The molecule has 1 aromatic rings. The number of aromatic carboxylic acids is 1. The standard InChI is InChI=1S/C8H8FNO4/c9-4-1-5(2-4)13-7-3-6(8(11)12)14-10-7/h3-5H,1-2H2,(H,11,12). The Morgan fingerprint density at radius 2 is 2.43 bits per heavy atom. The number of carboxylic acids is 1. The first-order valence-electron chi connectivity index (χ1n) is 4.16. The summed E-state index contributed by atoms with van der Waals surface area (Å²) in [6.45, 7) is 0. The minimum absolute atomic E-state index is 0.0966. The molecule has 76 valence electrons. The number of alkyl halides is 1. The summed E-state index contributed by atoms with van der Waals surface area (Å²) in [4.78, 5) is 10.4. The van der Waals surface area contributed by atoms with E-state index in [4.69, 9.17) is 9.84 Å². The Labute approximate surface area is 78.5 Å². The van der Waals surface area contributed by atoms with Crippen LogP contribution in [0.1, 0.15) is 23.4 Å². The van der Waals surface area contributed by atoms with Gasteiger partial charge in [0.25, 0.3) is 5.88 Å². The van der Waals surface area contributed by atoms with Gasteiger partial charge in [0.2, 0.25) is 5.76 Å². The molecule has 0 aliphatic heterocycles. The molecule has 1 heterocycles. The van der Waals surface area contributed by atoms with E-state index in [0.717, 1.165) is 0 Å². The molecule has 14 heavy (non-hydrogen) atoms. The maximum absolute atomic E-state index is 12.4. The van der Waals surface area contributed by atoms with Crippen molar-refractivity contribution in [3.8, 4) is 5.88 Å². The van der Waals surface area contributed by atoms with E-state index >= 15 is 0 Å². The van der Waals surface area contributed by atoms with E-state index < -0.39 is 12.1 Å². The monoisotopic (exact) mass is 201 g/mol. The molecule has 0 bridgehead atoms. The summed E-state index contributed by atoms with van der Waals surface area (Å²) in [6.07, 6.45) is -0.368. The molecule has 1 N–H and O–H groups in total. The molecule has 1 saturated carbocycles. The number of halogens is 1. The van der Waals surface area contributed by atoms with Gasteiger partial charge in [-0.2, -0.15) is 0 Å². The number of rotatable bonds is 3. The van der Waals surface area contributed by atoms with E-state index in [2.05, 4.69) is 9.68 Å². The van der Waals surface area contributed by atoms with Gasteiger partial charge in [0, 0.05) is 12.8 Å². The summed E-state index contributed by atoms with van der Waals surface area (Å²) < 4.78 is 22.0. The smallest absolute Gasteiger partial charge is 0.374 e. The van der Waals surface area contributed by atoms with Crippen LogP contribution in [-0.4, -0.2) is 28.5 Å². The van der Waals surface area contributed by atoms with Crippen molar-refractivity contribution in [2.75, 3.05) is 0 Å². The first kappa shape index (κ1) is 8.98. The molecule has 5 nitrogen and oxygen atoms in total. The molecule has 1 aromatic heterocycles. The molecule has 0 saturated heterocycles. The van der Waals surface area contributed by atoms with Crippen LogP contribution in [0.5, 0.6) is 5.88 Å². The number of hydrogen-bond acceptors (Lipinski definition) is 4. The Morgan fingerprint density at radius 3 is 2.93 bits per heavy atom. The number of carboxylic acid groups (broad SMARTS) is 1. The Bertz CT molecular complexity index is 345. The van der Waals surface area contributed by atoms with Crippen LogP contribution in [0.15, 0.2) is 10.6 Å². The van der Waals surface area contributed by atoms with Crippen LogP contribution in [0.2, 0.25) is 0 Å². The third kappa shape index (κ3) is 1.68. The van der Waals surface area contributed by atoms with Gasteiger partial charge in [0.1, 0.15) is 12.3 Å². The van der Waals surface area contributed by atoms with Crippen molar-refractivity contribution in [2.24, 2.45) is 0 Å². The Morgan fingerprint density at radius 1 is 1.71 bits per heavy atom. The lowest BCUT2D eigenvalue weighted by Gasteiger charge is -2.28. The molecule has 1 aliphatic carbocycles. The zero-order chi connectivity index (χ0) is 10.1. The van der Waals surface area contributed by atoms with E-state index in [1.807, 2.05) is 0 Å². The average molecular weight is 201 g/mol. The predicted octanol–water partition coefficient (Wildman–Crippen LogP) is 1.25. The summed E-state index contributed by atoms with van der Waals surface area (Å²) >= 11 is 0. The lowest BCUT2D eigenvalue weighted by Crippen LogP contribution is -2.34. The number of nitrogens with zero attached hydrogens (tertiary/aromatic N) is 1. The third-order valence-electron chi connectivity index (χ3n) is 2.02. The summed E-state index contributed by atoms with van der Waals surface area (Å²) in [7, 11) is 0. The highest BCUT2D eigenvalue weighted by Gasteiger charge is 2.31. The minimum atomic E-state index is -1.20. The lowest BCUT2D eigenvalue weighted by atomic mass is 9.94. The zero-order valence-electron chi connectivity index (χ0n) is 7.14. The highest BCUT2D eigenvalue weighted by Crippen LogP contribution is 2.27. The van der Waals surface area contributed by atoms with E-state index in [1.165, 1.54) is 6.07 Å². The number of aromatic nitrogens is 1. The van der Waals surface area contributed by atoms with Crippen LogP contribution < -0.4 is 4.74 Å². The second kappa shape index (κ2) is 3.28. The van der Waals surface area contributed by atoms with Crippen LogP contribution in [0.25, 0.3) is 0 Å². The SMILES string of the molecule is O=C(O)c1cc(OC2CC(F)C2)no1. The second-order valence-corrected chi connectivity index (χ2v) is 3.14. The second-order valence-electron chi connectivity index (χ2n) is 3.14. The molecule has 0 amide bonds. The van der Waals surface area contributed by atoms with Gasteiger partial charge in [-0.1, -0.05) is 0 Å². The fourth-order valence-electron chi connectivity index (χ4n) is 1.18. The molecular formula is C8H8FNO4. The maximum Gasteiger partial charge on any atom is 0.374 e. The van der Waals surface area contributed by atoms with Crippen molar-refractivity contribution >= 4 is 5.97 Å². The first-order chi connectivity index (χ1) is 6.65. The van der Waals surface area contributed by atoms with Gasteiger partial charge in [-0.25, -0.2) is 9.18 Å². The van der Waals surface area contributed by atoms with Gasteiger partial charge in [-0.05, 0) is 5.16 Å². The first-order valence-corrected chi connectivity index (χ1v) is 4.16. The van der Waals surface area contributed by atoms with Crippen LogP contribution in [-0.2, 0) is 0 Å². The van der Waals surface area contributed by atoms with Gasteiger partial charge < -0.3 is 14.4 Å². The molecule has 0 radical (unpaired) electrons. The van der Waals surface area contributed by atoms with E-state index in [-0.39, 0.29) is 17.7 Å². The topological polar surface area (TPSA) is 72.6 Å². The van der Waals surface area contributed by atoms with Crippen LogP contribution in [0.4, 0.5) is 4.39 Å². The molecule has 0 spiro atoms. The minimum Gasteiger partial charge on any atom is -0.475 e. The summed E-state index contributed by atoms with van der Waals surface area (Å²) in [5, 5.41) is 11.9. The molecular weight excluding hydrogens is 193 g/mol. The normalized spacial score (nSPS) is 25.5. The van der Waals surface area contributed by atoms with Gasteiger partial charge in [0.15, 0.2) is 0 Å². The van der Waals surface area contributed by atoms with Gasteiger partial charge >= 0.3 is 5.97 Å². The van der Waals surface area contributed by atoms with Crippen molar-refractivity contribution in [3.63, 3.8) is 0 Å². The van der Waals surface area contributed by atoms with Gasteiger partial charge in [0.05, 0.1) is 6.07 Å². The van der Waals surface area contributed by atoms with Crippen LogP contribution in [0.3, 0.4) is 0 Å². The van der Waals surface area contributed by atoms with Crippen molar-refractivity contribution in [3.05, 3.63) is 11.8 Å². The number of ether oxygens (including phenoxy) is 1. The Kier molecular flexibility index (Phi) is 2.11. The van der Waals surface area contributed by atoms with E-state index in [0.29, 0.717) is 12.8 Å². The number of carbonyl (C=O) groups is 1. The number of hydrogen-bond donors (Lipinski definition) is 1. The zero-order valence-corrected chi connectivity index (χ0v) is 7.14. The van der Waals surface area contributed by atoms with E-state index in [9.17, 15) is 9.18 Å². The van der Waals surface area contributed by atoms with E-state index in [1.54, 1.807) is 0 Å². The Balaban J connectivity index is 1.93. The maximum atomic E-state index is 12.4. The van der Waals surface area contributed by atoms with Crippen molar-refractivity contribution in [1.29, 1.82) is 0 Å². The molecule has 6 heteroatoms. The van der Waals surface area contributed by atoms with Crippen LogP contribution in [0, 0.1) is 0 Å². The molecule has 0 aromatic carbocycles. The summed E-state index contributed by atoms with van der Waals surface area (Å²) in [6, 6.07) is 1.17.